The first-order chi connectivity index (χ1) is 11.5. The Balaban J connectivity index is 2.26. The molecule has 6 nitrogen and oxygen atoms in total. The average Bonchev–Trinajstić information content (AvgIpc) is 2.94. The van der Waals surface area contributed by atoms with Crippen LogP contribution in [0, 0.1) is 17.7 Å². The molecule has 25 heavy (non-hydrogen) atoms. The van der Waals surface area contributed by atoms with Crippen molar-refractivity contribution in [2.24, 2.45) is 11.8 Å². The topological polar surface area (TPSA) is 86.7 Å². The number of aliphatic carboxylic acids is 1. The first-order valence-corrected chi connectivity index (χ1v) is 7.16. The van der Waals surface area contributed by atoms with Gasteiger partial charge in [-0.05, 0) is 18.2 Å². The fraction of sp³-hybridized carbons (Fsp3) is 0.400. The molecule has 2 amide bonds. The van der Waals surface area contributed by atoms with Gasteiger partial charge in [-0.1, -0.05) is 0 Å². The summed E-state index contributed by atoms with van der Waals surface area (Å²) in [5.74, 6) is -7.86. The van der Waals surface area contributed by atoms with E-state index in [1.807, 2.05) is 0 Å². The molecule has 1 heterocycles. The highest BCUT2D eigenvalue weighted by Gasteiger charge is 2.53. The number of nitrogens with one attached hydrogen (secondary N) is 1. The van der Waals surface area contributed by atoms with Crippen molar-refractivity contribution in [3.63, 3.8) is 0 Å². The Morgan fingerprint density at radius 2 is 1.88 bits per heavy atom. The molecule has 0 radical (unpaired) electrons. The van der Waals surface area contributed by atoms with Crippen LogP contribution in [-0.2, 0) is 9.59 Å². The van der Waals surface area contributed by atoms with E-state index in [9.17, 15) is 31.9 Å². The lowest BCUT2D eigenvalue weighted by Gasteiger charge is -2.18. The number of anilines is 1. The summed E-state index contributed by atoms with van der Waals surface area (Å²) < 4.78 is 52.5. The lowest BCUT2D eigenvalue weighted by atomic mass is 9.96. The van der Waals surface area contributed by atoms with E-state index >= 15 is 0 Å². The van der Waals surface area contributed by atoms with Crippen molar-refractivity contribution in [3.8, 4) is 0 Å². The average molecular weight is 362 g/mol. The highest BCUT2D eigenvalue weighted by atomic mass is 19.4. The summed E-state index contributed by atoms with van der Waals surface area (Å²) in [6, 6.07) is 2.94. The van der Waals surface area contributed by atoms with Crippen LogP contribution in [0.15, 0.2) is 18.2 Å². The van der Waals surface area contributed by atoms with Crippen molar-refractivity contribution >= 4 is 23.5 Å². The molecule has 1 aliphatic heterocycles. The van der Waals surface area contributed by atoms with Crippen LogP contribution in [0.1, 0.15) is 17.3 Å². The van der Waals surface area contributed by atoms with Crippen molar-refractivity contribution < 1.29 is 37.1 Å². The van der Waals surface area contributed by atoms with Gasteiger partial charge in [-0.3, -0.25) is 14.4 Å². The van der Waals surface area contributed by atoms with Gasteiger partial charge in [-0.15, -0.1) is 0 Å². The Morgan fingerprint density at radius 3 is 2.36 bits per heavy atom. The molecule has 0 aromatic heterocycles. The van der Waals surface area contributed by atoms with Crippen LogP contribution in [0.3, 0.4) is 0 Å². The van der Waals surface area contributed by atoms with Gasteiger partial charge < -0.3 is 15.3 Å². The SMILES string of the molecule is CC(=O)Nc1cc(C(=O)N2C[C@@H](C(F)(F)F)[C@H](C(=O)O)C2)ccc1F. The Bertz CT molecular complexity index is 720. The number of likely N-dealkylation sites (tertiary alicyclic amines) is 1. The number of hydrogen-bond donors (Lipinski definition) is 2. The highest BCUT2D eigenvalue weighted by molar-refractivity contribution is 5.97. The Morgan fingerprint density at radius 1 is 1.24 bits per heavy atom. The van der Waals surface area contributed by atoms with Crippen LogP contribution in [-0.4, -0.2) is 47.1 Å². The van der Waals surface area contributed by atoms with Gasteiger partial charge in [0.05, 0.1) is 17.5 Å². The fourth-order valence-corrected chi connectivity index (χ4v) is 2.68. The molecule has 0 unspecified atom stereocenters. The van der Waals surface area contributed by atoms with E-state index in [1.165, 1.54) is 0 Å². The van der Waals surface area contributed by atoms with E-state index in [-0.39, 0.29) is 11.3 Å². The van der Waals surface area contributed by atoms with Crippen LogP contribution in [0.2, 0.25) is 0 Å². The van der Waals surface area contributed by atoms with E-state index in [4.69, 9.17) is 5.11 Å². The number of carboxylic acids is 1. The number of rotatable bonds is 3. The molecule has 136 valence electrons. The van der Waals surface area contributed by atoms with Crippen molar-refractivity contribution in [2.75, 3.05) is 18.4 Å². The van der Waals surface area contributed by atoms with E-state index in [2.05, 4.69) is 5.32 Å². The van der Waals surface area contributed by atoms with E-state index in [0.717, 1.165) is 30.0 Å². The monoisotopic (exact) mass is 362 g/mol. The summed E-state index contributed by atoms with van der Waals surface area (Å²) in [4.78, 5) is 35.2. The number of hydrogen-bond acceptors (Lipinski definition) is 3. The van der Waals surface area contributed by atoms with Gasteiger partial charge >= 0.3 is 12.1 Å². The van der Waals surface area contributed by atoms with Gasteiger partial charge in [0, 0.05) is 25.6 Å². The zero-order chi connectivity index (χ0) is 18.9. The van der Waals surface area contributed by atoms with Gasteiger partial charge in [-0.2, -0.15) is 13.2 Å². The third kappa shape index (κ3) is 4.06. The van der Waals surface area contributed by atoms with Crippen molar-refractivity contribution in [1.82, 2.24) is 4.90 Å². The minimum absolute atomic E-state index is 0.155. The quantitative estimate of drug-likeness (QED) is 0.807. The number of carboxylic acid groups (broad SMARTS) is 1. The molecule has 1 aliphatic rings. The van der Waals surface area contributed by atoms with E-state index in [1.54, 1.807) is 0 Å². The molecule has 2 rings (SSSR count). The van der Waals surface area contributed by atoms with Crippen molar-refractivity contribution in [1.29, 1.82) is 0 Å². The summed E-state index contributed by atoms with van der Waals surface area (Å²) in [5.41, 5.74) is -0.447. The molecule has 0 spiro atoms. The lowest BCUT2D eigenvalue weighted by molar-refractivity contribution is -0.187. The second-order valence-electron chi connectivity index (χ2n) is 5.68. The number of nitrogens with zero attached hydrogens (tertiary/aromatic N) is 1. The smallest absolute Gasteiger partial charge is 0.394 e. The second kappa shape index (κ2) is 6.69. The van der Waals surface area contributed by atoms with Gasteiger partial charge in [0.2, 0.25) is 5.91 Å². The second-order valence-corrected chi connectivity index (χ2v) is 5.68. The van der Waals surface area contributed by atoms with Crippen LogP contribution in [0.5, 0.6) is 0 Å². The zero-order valence-electron chi connectivity index (χ0n) is 12.9. The molecule has 1 saturated heterocycles. The van der Waals surface area contributed by atoms with Gasteiger partial charge in [0.1, 0.15) is 5.82 Å². The van der Waals surface area contributed by atoms with Crippen molar-refractivity contribution in [2.45, 2.75) is 13.1 Å². The summed E-state index contributed by atoms with van der Waals surface area (Å²) in [7, 11) is 0. The van der Waals surface area contributed by atoms with Gasteiger partial charge in [0.25, 0.3) is 5.91 Å². The number of carbonyl (C=O) groups excluding carboxylic acids is 2. The molecule has 1 fully saturated rings. The molecule has 0 aliphatic carbocycles. The zero-order valence-corrected chi connectivity index (χ0v) is 12.9. The maximum atomic E-state index is 13.6. The summed E-state index contributed by atoms with van der Waals surface area (Å²) >= 11 is 0. The number of amides is 2. The largest absolute Gasteiger partial charge is 0.481 e. The van der Waals surface area contributed by atoms with Crippen LogP contribution in [0.25, 0.3) is 0 Å². The number of halogens is 4. The molecule has 0 bridgehead atoms. The standard InChI is InChI=1S/C15H14F4N2O4/c1-7(22)20-12-4-8(2-3-11(12)16)13(23)21-5-9(14(24)25)10(6-21)15(17,18)19/h2-4,9-10H,5-6H2,1H3,(H,20,22)(H,24,25)/t9-,10-/m1/s1. The van der Waals surface area contributed by atoms with Crippen LogP contribution >= 0.6 is 0 Å². The molecule has 1 aromatic rings. The third-order valence-corrected chi connectivity index (χ3v) is 3.87. The maximum absolute atomic E-state index is 13.6. The maximum Gasteiger partial charge on any atom is 0.394 e. The minimum Gasteiger partial charge on any atom is -0.481 e. The number of alkyl halides is 3. The molecule has 1 aromatic carbocycles. The number of benzene rings is 1. The third-order valence-electron chi connectivity index (χ3n) is 3.87. The van der Waals surface area contributed by atoms with Crippen LogP contribution < -0.4 is 5.32 Å². The summed E-state index contributed by atoms with van der Waals surface area (Å²) in [6.07, 6.45) is -4.76. The summed E-state index contributed by atoms with van der Waals surface area (Å²) in [6.45, 7) is -0.281. The minimum atomic E-state index is -4.76. The number of carbonyl (C=O) groups is 3. The fourth-order valence-electron chi connectivity index (χ4n) is 2.68. The lowest BCUT2D eigenvalue weighted by Crippen LogP contribution is -2.34. The molecule has 2 atom stereocenters. The molecule has 10 heteroatoms. The highest BCUT2D eigenvalue weighted by Crippen LogP contribution is 2.38. The van der Waals surface area contributed by atoms with E-state index in [0.29, 0.717) is 0 Å². The predicted molar refractivity (Wildman–Crippen MR) is 77.3 cm³/mol. The first-order valence-electron chi connectivity index (χ1n) is 7.16. The van der Waals surface area contributed by atoms with Crippen LogP contribution in [0.4, 0.5) is 23.2 Å². The Hall–Kier alpha value is -2.65. The summed E-state index contributed by atoms with van der Waals surface area (Å²) in [5, 5.41) is 11.1. The Labute approximate surface area is 139 Å². The van der Waals surface area contributed by atoms with Crippen molar-refractivity contribution in [3.05, 3.63) is 29.6 Å². The molecular weight excluding hydrogens is 348 g/mol. The predicted octanol–water partition coefficient (Wildman–Crippen LogP) is 2.12. The normalized spacial score (nSPS) is 20.4. The first kappa shape index (κ1) is 18.7. The Kier molecular flexibility index (Phi) is 5.00. The van der Waals surface area contributed by atoms with Gasteiger partial charge in [-0.25, -0.2) is 4.39 Å². The molecule has 0 saturated carbocycles. The van der Waals surface area contributed by atoms with E-state index < -0.39 is 54.7 Å². The van der Waals surface area contributed by atoms with Gasteiger partial charge in [0.15, 0.2) is 0 Å². The molecule has 2 N–H and O–H groups in total. The molecular formula is C15H14F4N2O4.